The van der Waals surface area contributed by atoms with Crippen molar-refractivity contribution >= 4 is 17.6 Å². The summed E-state index contributed by atoms with van der Waals surface area (Å²) in [5.74, 6) is 0.345. The van der Waals surface area contributed by atoms with Crippen molar-refractivity contribution in [3.8, 4) is 0 Å². The molecule has 0 atom stereocenters. The number of fused-ring (bicyclic) bond motifs is 1. The summed E-state index contributed by atoms with van der Waals surface area (Å²) < 4.78 is 5.40. The molecule has 1 saturated heterocycles. The molecule has 3 aliphatic rings. The Balaban J connectivity index is 1.03. The Hall–Kier alpha value is -3.64. The van der Waals surface area contributed by atoms with E-state index in [1.165, 1.54) is 18.1 Å². The number of carbonyl (C=O) groups excluding carboxylic acids is 2. The van der Waals surface area contributed by atoms with E-state index in [0.717, 1.165) is 81.6 Å². The van der Waals surface area contributed by atoms with Gasteiger partial charge in [-0.3, -0.25) is 14.5 Å². The van der Waals surface area contributed by atoms with E-state index < -0.39 is 0 Å². The number of amides is 1. The van der Waals surface area contributed by atoms with Crippen LogP contribution in [0, 0.1) is 0 Å². The van der Waals surface area contributed by atoms with Crippen LogP contribution in [0.5, 0.6) is 0 Å². The van der Waals surface area contributed by atoms with E-state index in [2.05, 4.69) is 88.7 Å². The largest absolute Gasteiger partial charge is 0.463 e. The normalized spacial score (nSPS) is 21.3. The number of anilines is 1. The van der Waals surface area contributed by atoms with E-state index in [0.29, 0.717) is 12.5 Å². The summed E-state index contributed by atoms with van der Waals surface area (Å²) in [6, 6.07) is 28.4. The van der Waals surface area contributed by atoms with Crippen molar-refractivity contribution in [3.05, 3.63) is 101 Å². The zero-order chi connectivity index (χ0) is 28.2. The van der Waals surface area contributed by atoms with Crippen molar-refractivity contribution in [2.45, 2.75) is 63.6 Å². The topological polar surface area (TPSA) is 53.1 Å². The van der Waals surface area contributed by atoms with E-state index in [4.69, 9.17) is 4.74 Å². The SMILES string of the molecule is CC(=O)OC1CCC(N2Cc3ccc(N4CCN(CCC(c5ccccc5)c5ccccc5)CC4)cc3C2=O)CC1. The number of piperazine rings is 1. The third-order valence-electron chi connectivity index (χ3n) is 9.22. The molecule has 3 aromatic carbocycles. The van der Waals surface area contributed by atoms with Gasteiger partial charge in [0.15, 0.2) is 0 Å². The Labute approximate surface area is 243 Å². The van der Waals surface area contributed by atoms with E-state index in [-0.39, 0.29) is 24.0 Å². The van der Waals surface area contributed by atoms with Gasteiger partial charge in [-0.05, 0) is 67.5 Å². The van der Waals surface area contributed by atoms with Crippen LogP contribution in [0.4, 0.5) is 5.69 Å². The number of nitrogens with zero attached hydrogens (tertiary/aromatic N) is 3. The Morgan fingerprint density at radius 1 is 0.854 bits per heavy atom. The lowest BCUT2D eigenvalue weighted by Crippen LogP contribution is -2.46. The van der Waals surface area contributed by atoms with Crippen molar-refractivity contribution in [1.82, 2.24) is 9.80 Å². The number of hydrogen-bond acceptors (Lipinski definition) is 5. The Morgan fingerprint density at radius 3 is 2.10 bits per heavy atom. The van der Waals surface area contributed by atoms with Crippen molar-refractivity contribution in [3.63, 3.8) is 0 Å². The lowest BCUT2D eigenvalue weighted by molar-refractivity contribution is -0.148. The number of carbonyl (C=O) groups is 2. The minimum absolute atomic E-state index is 0.00309. The molecule has 0 spiro atoms. The summed E-state index contributed by atoms with van der Waals surface area (Å²) in [4.78, 5) is 31.8. The first-order chi connectivity index (χ1) is 20.0. The van der Waals surface area contributed by atoms with Crippen LogP contribution in [0.15, 0.2) is 78.9 Å². The zero-order valence-electron chi connectivity index (χ0n) is 24.1. The molecule has 41 heavy (non-hydrogen) atoms. The number of esters is 1. The van der Waals surface area contributed by atoms with E-state index in [9.17, 15) is 9.59 Å². The standard InChI is InChI=1S/C35H41N3O3/c1-26(39)41-32-16-14-30(15-17-32)38-25-29-12-13-31(24-34(29)35(38)40)37-22-20-36(21-23-37)19-18-33(27-8-4-2-5-9-27)28-10-6-3-7-11-28/h2-13,24,30,32-33H,14-23,25H2,1H3. The lowest BCUT2D eigenvalue weighted by Gasteiger charge is -2.37. The summed E-state index contributed by atoms with van der Waals surface area (Å²) >= 11 is 0. The third kappa shape index (κ3) is 6.33. The van der Waals surface area contributed by atoms with Crippen molar-refractivity contribution in [2.24, 2.45) is 0 Å². The zero-order valence-corrected chi connectivity index (χ0v) is 24.1. The first-order valence-electron chi connectivity index (χ1n) is 15.2. The van der Waals surface area contributed by atoms with Gasteiger partial charge in [-0.2, -0.15) is 0 Å². The molecule has 214 valence electrons. The summed E-state index contributed by atoms with van der Waals surface area (Å²) in [6.45, 7) is 7.22. The Bertz CT molecular complexity index is 1290. The molecular formula is C35H41N3O3. The first-order valence-corrected chi connectivity index (χ1v) is 15.2. The highest BCUT2D eigenvalue weighted by molar-refractivity contribution is 5.99. The smallest absolute Gasteiger partial charge is 0.302 e. The minimum Gasteiger partial charge on any atom is -0.463 e. The molecule has 3 aromatic rings. The maximum absolute atomic E-state index is 13.4. The molecular weight excluding hydrogens is 510 g/mol. The Morgan fingerprint density at radius 2 is 1.49 bits per heavy atom. The van der Waals surface area contributed by atoms with Gasteiger partial charge in [0.1, 0.15) is 6.10 Å². The summed E-state index contributed by atoms with van der Waals surface area (Å²) in [6.07, 6.45) is 4.54. The fourth-order valence-electron chi connectivity index (χ4n) is 6.95. The third-order valence-corrected chi connectivity index (χ3v) is 9.22. The first kappa shape index (κ1) is 27.5. The maximum Gasteiger partial charge on any atom is 0.302 e. The van der Waals surface area contributed by atoms with Crippen molar-refractivity contribution in [1.29, 1.82) is 0 Å². The molecule has 2 aliphatic heterocycles. The van der Waals surface area contributed by atoms with Gasteiger partial charge in [-0.1, -0.05) is 66.7 Å². The highest BCUT2D eigenvalue weighted by Gasteiger charge is 2.36. The highest BCUT2D eigenvalue weighted by Crippen LogP contribution is 2.34. The van der Waals surface area contributed by atoms with Gasteiger partial charge in [0.05, 0.1) is 0 Å². The fourth-order valence-corrected chi connectivity index (χ4v) is 6.95. The Kier molecular flexibility index (Phi) is 8.38. The second kappa shape index (κ2) is 12.5. The average molecular weight is 552 g/mol. The number of hydrogen-bond donors (Lipinski definition) is 0. The van der Waals surface area contributed by atoms with Crippen LogP contribution in [-0.4, -0.2) is 66.5 Å². The van der Waals surface area contributed by atoms with Gasteiger partial charge in [0, 0.05) is 62.9 Å². The molecule has 1 saturated carbocycles. The molecule has 6 heteroatoms. The minimum atomic E-state index is -0.213. The van der Waals surface area contributed by atoms with Gasteiger partial charge in [-0.15, -0.1) is 0 Å². The molecule has 1 amide bonds. The maximum atomic E-state index is 13.4. The van der Waals surface area contributed by atoms with Crippen molar-refractivity contribution < 1.29 is 14.3 Å². The summed E-state index contributed by atoms with van der Waals surface area (Å²) in [7, 11) is 0. The van der Waals surface area contributed by atoms with Crippen LogP contribution in [0.25, 0.3) is 0 Å². The second-order valence-corrected chi connectivity index (χ2v) is 11.8. The van der Waals surface area contributed by atoms with E-state index >= 15 is 0 Å². The van der Waals surface area contributed by atoms with Crippen LogP contribution in [0.2, 0.25) is 0 Å². The van der Waals surface area contributed by atoms with Gasteiger partial charge in [-0.25, -0.2) is 0 Å². The van der Waals surface area contributed by atoms with Gasteiger partial charge in [0.2, 0.25) is 0 Å². The van der Waals surface area contributed by atoms with E-state index in [1.807, 2.05) is 4.90 Å². The molecule has 2 heterocycles. The van der Waals surface area contributed by atoms with Crippen LogP contribution in [0.1, 0.15) is 72.0 Å². The molecule has 0 radical (unpaired) electrons. The molecule has 6 nitrogen and oxygen atoms in total. The summed E-state index contributed by atoms with van der Waals surface area (Å²) in [5.41, 5.74) is 5.91. The molecule has 0 aromatic heterocycles. The van der Waals surface area contributed by atoms with Gasteiger partial charge >= 0.3 is 5.97 Å². The molecule has 0 unspecified atom stereocenters. The monoisotopic (exact) mass is 551 g/mol. The van der Waals surface area contributed by atoms with Crippen LogP contribution < -0.4 is 4.90 Å². The van der Waals surface area contributed by atoms with Crippen LogP contribution in [-0.2, 0) is 16.1 Å². The number of ether oxygens (including phenoxy) is 1. The second-order valence-electron chi connectivity index (χ2n) is 11.8. The molecule has 6 rings (SSSR count). The van der Waals surface area contributed by atoms with E-state index in [1.54, 1.807) is 0 Å². The highest BCUT2D eigenvalue weighted by atomic mass is 16.5. The quantitative estimate of drug-likeness (QED) is 0.328. The molecule has 2 fully saturated rings. The molecule has 0 N–H and O–H groups in total. The fraction of sp³-hybridized carbons (Fsp3) is 0.429. The average Bonchev–Trinajstić information content (AvgIpc) is 3.34. The lowest BCUT2D eigenvalue weighted by atomic mass is 9.88. The number of benzene rings is 3. The summed E-state index contributed by atoms with van der Waals surface area (Å²) in [5, 5.41) is 0. The van der Waals surface area contributed by atoms with Crippen LogP contribution in [0.3, 0.4) is 0 Å². The molecule has 1 aliphatic carbocycles. The predicted octanol–water partition coefficient (Wildman–Crippen LogP) is 5.86. The van der Waals surface area contributed by atoms with Gasteiger partial charge in [0.25, 0.3) is 5.91 Å². The van der Waals surface area contributed by atoms with Gasteiger partial charge < -0.3 is 14.5 Å². The predicted molar refractivity (Wildman–Crippen MR) is 162 cm³/mol. The van der Waals surface area contributed by atoms with Crippen LogP contribution >= 0.6 is 0 Å². The number of rotatable bonds is 8. The van der Waals surface area contributed by atoms with Crippen molar-refractivity contribution in [2.75, 3.05) is 37.6 Å². The molecule has 0 bridgehead atoms.